The van der Waals surface area contributed by atoms with Crippen molar-refractivity contribution in [3.05, 3.63) is 66.2 Å². The average Bonchev–Trinajstić information content (AvgIpc) is 2.76. The molecule has 164 valence electrons. The van der Waals surface area contributed by atoms with Gasteiger partial charge in [0.25, 0.3) is 5.91 Å². The number of β-lactam (4-membered cyclic amide) rings is 1. The summed E-state index contributed by atoms with van der Waals surface area (Å²) >= 11 is 0. The van der Waals surface area contributed by atoms with Gasteiger partial charge in [0.2, 0.25) is 12.1 Å². The SMILES string of the molecule is CC(C)C[C@H](NC(=O)OCc1ccccc1)C(=O)N[C@@H]1C(=O)N[C@H]1Oc1ccccc1. The third-order valence-corrected chi connectivity index (χ3v) is 4.70. The Hall–Kier alpha value is -3.55. The first kappa shape index (κ1) is 22.1. The number of carbonyl (C=O) groups excluding carboxylic acids is 3. The highest BCUT2D eigenvalue weighted by atomic mass is 16.5. The Morgan fingerprint density at radius 2 is 1.68 bits per heavy atom. The number of amides is 3. The Morgan fingerprint density at radius 3 is 2.29 bits per heavy atom. The number of hydrogen-bond donors (Lipinski definition) is 3. The minimum Gasteiger partial charge on any atom is -0.468 e. The van der Waals surface area contributed by atoms with E-state index >= 15 is 0 Å². The Kier molecular flexibility index (Phi) is 7.48. The molecule has 3 atom stereocenters. The molecule has 3 rings (SSSR count). The zero-order chi connectivity index (χ0) is 22.2. The van der Waals surface area contributed by atoms with E-state index in [0.717, 1.165) is 5.56 Å². The van der Waals surface area contributed by atoms with Crippen molar-refractivity contribution < 1.29 is 23.9 Å². The fourth-order valence-corrected chi connectivity index (χ4v) is 3.10. The van der Waals surface area contributed by atoms with Crippen LogP contribution in [0, 0.1) is 5.92 Å². The topological polar surface area (TPSA) is 106 Å². The monoisotopic (exact) mass is 425 g/mol. The molecule has 8 nitrogen and oxygen atoms in total. The molecule has 1 aliphatic rings. The van der Waals surface area contributed by atoms with E-state index in [1.807, 2.05) is 62.4 Å². The molecule has 0 bridgehead atoms. The van der Waals surface area contributed by atoms with Gasteiger partial charge in [-0.05, 0) is 30.0 Å². The standard InChI is InChI=1S/C23H27N3O5/c1-15(2)13-18(24-23(29)30-14-16-9-5-3-6-10-16)20(27)25-19-21(28)26-22(19)31-17-11-7-4-8-12-17/h3-12,15,18-19,22H,13-14H2,1-2H3,(H,24,29)(H,25,27)(H,26,28)/t18-,19+,22-/m0/s1. The predicted molar refractivity (Wildman–Crippen MR) is 114 cm³/mol. The first-order chi connectivity index (χ1) is 14.9. The second-order valence-corrected chi connectivity index (χ2v) is 7.73. The molecule has 1 heterocycles. The van der Waals surface area contributed by atoms with Crippen molar-refractivity contribution in [1.29, 1.82) is 0 Å². The molecule has 3 amide bonds. The molecule has 2 aromatic carbocycles. The Balaban J connectivity index is 1.55. The average molecular weight is 425 g/mol. The van der Waals surface area contributed by atoms with Crippen molar-refractivity contribution in [2.24, 2.45) is 5.92 Å². The number of para-hydroxylation sites is 1. The van der Waals surface area contributed by atoms with Gasteiger partial charge in [-0.1, -0.05) is 62.4 Å². The lowest BCUT2D eigenvalue weighted by Crippen LogP contribution is -2.72. The van der Waals surface area contributed by atoms with Gasteiger partial charge in [0.1, 0.15) is 18.4 Å². The molecule has 0 aromatic heterocycles. The van der Waals surface area contributed by atoms with Gasteiger partial charge >= 0.3 is 6.09 Å². The molecule has 0 spiro atoms. The second-order valence-electron chi connectivity index (χ2n) is 7.73. The van der Waals surface area contributed by atoms with Gasteiger partial charge in [-0.3, -0.25) is 9.59 Å². The van der Waals surface area contributed by atoms with Crippen molar-refractivity contribution >= 4 is 17.9 Å². The molecule has 3 N–H and O–H groups in total. The van der Waals surface area contributed by atoms with Crippen LogP contribution in [0.2, 0.25) is 0 Å². The Bertz CT molecular complexity index is 889. The van der Waals surface area contributed by atoms with Crippen molar-refractivity contribution in [3.63, 3.8) is 0 Å². The zero-order valence-electron chi connectivity index (χ0n) is 17.5. The maximum absolute atomic E-state index is 12.8. The number of benzene rings is 2. The molecule has 1 aliphatic heterocycles. The molecule has 8 heteroatoms. The summed E-state index contributed by atoms with van der Waals surface area (Å²) in [6.45, 7) is 3.98. The second kappa shape index (κ2) is 10.5. The fraction of sp³-hybridized carbons (Fsp3) is 0.348. The molecule has 1 saturated heterocycles. The lowest BCUT2D eigenvalue weighted by molar-refractivity contribution is -0.144. The molecule has 2 aromatic rings. The summed E-state index contributed by atoms with van der Waals surface area (Å²) in [4.78, 5) is 37.0. The van der Waals surface area contributed by atoms with Crippen LogP contribution in [0.3, 0.4) is 0 Å². The first-order valence-electron chi connectivity index (χ1n) is 10.2. The first-order valence-corrected chi connectivity index (χ1v) is 10.2. The third kappa shape index (κ3) is 6.47. The number of carbonyl (C=O) groups is 3. The highest BCUT2D eigenvalue weighted by Crippen LogP contribution is 2.16. The highest BCUT2D eigenvalue weighted by molar-refractivity contribution is 5.95. The van der Waals surface area contributed by atoms with Crippen LogP contribution in [-0.2, 0) is 20.9 Å². The maximum atomic E-state index is 12.8. The van der Waals surface area contributed by atoms with E-state index in [1.165, 1.54) is 0 Å². The summed E-state index contributed by atoms with van der Waals surface area (Å²) in [7, 11) is 0. The van der Waals surface area contributed by atoms with E-state index < -0.39 is 30.3 Å². The van der Waals surface area contributed by atoms with Crippen molar-refractivity contribution in [3.8, 4) is 5.75 Å². The minimum atomic E-state index is -0.843. The van der Waals surface area contributed by atoms with Crippen molar-refractivity contribution in [2.45, 2.75) is 45.2 Å². The number of rotatable bonds is 9. The summed E-state index contributed by atoms with van der Waals surface area (Å²) in [5.41, 5.74) is 0.842. The van der Waals surface area contributed by atoms with Crippen LogP contribution in [0.4, 0.5) is 4.79 Å². The van der Waals surface area contributed by atoms with E-state index in [1.54, 1.807) is 12.1 Å². The molecular weight excluding hydrogens is 398 g/mol. The summed E-state index contributed by atoms with van der Waals surface area (Å²) < 4.78 is 10.9. The smallest absolute Gasteiger partial charge is 0.408 e. The van der Waals surface area contributed by atoms with Crippen LogP contribution in [0.5, 0.6) is 5.75 Å². The minimum absolute atomic E-state index is 0.0979. The van der Waals surface area contributed by atoms with Gasteiger partial charge < -0.3 is 25.4 Å². The molecule has 0 aliphatic carbocycles. The largest absolute Gasteiger partial charge is 0.468 e. The van der Waals surface area contributed by atoms with E-state index in [9.17, 15) is 14.4 Å². The van der Waals surface area contributed by atoms with Gasteiger partial charge in [0.05, 0.1) is 0 Å². The molecule has 0 unspecified atom stereocenters. The lowest BCUT2D eigenvalue weighted by atomic mass is 10.0. The van der Waals surface area contributed by atoms with Crippen LogP contribution >= 0.6 is 0 Å². The molecule has 0 radical (unpaired) electrons. The number of hydrogen-bond acceptors (Lipinski definition) is 5. The van der Waals surface area contributed by atoms with Crippen molar-refractivity contribution in [1.82, 2.24) is 16.0 Å². The van der Waals surface area contributed by atoms with Crippen LogP contribution in [-0.4, -0.2) is 36.2 Å². The molecule has 0 saturated carbocycles. The zero-order valence-corrected chi connectivity index (χ0v) is 17.5. The normalized spacial score (nSPS) is 18.4. The van der Waals surface area contributed by atoms with Gasteiger partial charge in [-0.25, -0.2) is 4.79 Å². The van der Waals surface area contributed by atoms with Crippen molar-refractivity contribution in [2.75, 3.05) is 0 Å². The lowest BCUT2D eigenvalue weighted by Gasteiger charge is -2.37. The number of alkyl carbamates (subject to hydrolysis) is 1. The van der Waals surface area contributed by atoms with Crippen LogP contribution in [0.15, 0.2) is 60.7 Å². The third-order valence-electron chi connectivity index (χ3n) is 4.70. The number of ether oxygens (including phenoxy) is 2. The summed E-state index contributed by atoms with van der Waals surface area (Å²) in [6, 6.07) is 16.6. The van der Waals surface area contributed by atoms with Crippen LogP contribution < -0.4 is 20.7 Å². The predicted octanol–water partition coefficient (Wildman–Crippen LogP) is 2.35. The summed E-state index contributed by atoms with van der Waals surface area (Å²) in [5.74, 6) is -0.0963. The highest BCUT2D eigenvalue weighted by Gasteiger charge is 2.43. The van der Waals surface area contributed by atoms with E-state index in [4.69, 9.17) is 9.47 Å². The van der Waals surface area contributed by atoms with E-state index in [-0.39, 0.29) is 18.4 Å². The molecule has 31 heavy (non-hydrogen) atoms. The van der Waals surface area contributed by atoms with Gasteiger partial charge in [0, 0.05) is 0 Å². The van der Waals surface area contributed by atoms with Crippen LogP contribution in [0.1, 0.15) is 25.8 Å². The molecular formula is C23H27N3O5. The Morgan fingerprint density at radius 1 is 1.03 bits per heavy atom. The number of nitrogens with one attached hydrogen (secondary N) is 3. The fourth-order valence-electron chi connectivity index (χ4n) is 3.10. The molecule has 1 fully saturated rings. The van der Waals surface area contributed by atoms with Gasteiger partial charge in [-0.2, -0.15) is 0 Å². The summed E-state index contributed by atoms with van der Waals surface area (Å²) in [6.07, 6.45) is -0.978. The quantitative estimate of drug-likeness (QED) is 0.535. The van der Waals surface area contributed by atoms with Gasteiger partial charge in [0.15, 0.2) is 6.04 Å². The van der Waals surface area contributed by atoms with Gasteiger partial charge in [-0.15, -0.1) is 0 Å². The maximum Gasteiger partial charge on any atom is 0.408 e. The summed E-state index contributed by atoms with van der Waals surface area (Å²) in [5, 5.41) is 7.90. The van der Waals surface area contributed by atoms with Crippen LogP contribution in [0.25, 0.3) is 0 Å². The Labute approximate surface area is 181 Å². The van der Waals surface area contributed by atoms with E-state index in [0.29, 0.717) is 12.2 Å². The van der Waals surface area contributed by atoms with E-state index in [2.05, 4.69) is 16.0 Å².